The van der Waals surface area contributed by atoms with Crippen LogP contribution in [0.3, 0.4) is 0 Å². The van der Waals surface area contributed by atoms with Crippen molar-refractivity contribution in [2.45, 2.75) is 41.5 Å². The predicted octanol–water partition coefficient (Wildman–Crippen LogP) is 4.53. The highest BCUT2D eigenvalue weighted by Gasteiger charge is 2.12. The van der Waals surface area contributed by atoms with Crippen LogP contribution in [0.15, 0.2) is 12.1 Å². The summed E-state index contributed by atoms with van der Waals surface area (Å²) < 4.78 is 0. The molecule has 1 heterocycles. The Kier molecular flexibility index (Phi) is 2.86. The highest BCUT2D eigenvalue weighted by atomic mass is 14.7. The minimum Gasteiger partial charge on any atom is -0.358 e. The van der Waals surface area contributed by atoms with Crippen LogP contribution in [0, 0.1) is 41.5 Å². The summed E-state index contributed by atoms with van der Waals surface area (Å²) in [7, 11) is 0. The predicted molar refractivity (Wildman–Crippen MR) is 74.7 cm³/mol. The molecule has 2 rings (SSSR count). The number of H-pyrrole nitrogens is 1. The summed E-state index contributed by atoms with van der Waals surface area (Å²) in [5, 5.41) is 0. The van der Waals surface area contributed by atoms with Crippen molar-refractivity contribution in [3.05, 3.63) is 45.6 Å². The maximum Gasteiger partial charge on any atom is 0.0491 e. The van der Waals surface area contributed by atoms with E-state index in [9.17, 15) is 0 Å². The first kappa shape index (κ1) is 12.0. The van der Waals surface area contributed by atoms with Gasteiger partial charge in [-0.3, -0.25) is 0 Å². The van der Waals surface area contributed by atoms with E-state index in [4.69, 9.17) is 0 Å². The average molecular weight is 227 g/mol. The lowest BCUT2D eigenvalue weighted by molar-refractivity contribution is 1.22. The number of aromatic nitrogens is 1. The van der Waals surface area contributed by atoms with E-state index in [0.29, 0.717) is 0 Å². The van der Waals surface area contributed by atoms with E-state index in [1.807, 2.05) is 0 Å². The quantitative estimate of drug-likeness (QED) is 0.736. The third-order valence-electron chi connectivity index (χ3n) is 3.89. The topological polar surface area (TPSA) is 15.8 Å². The maximum absolute atomic E-state index is 3.52. The first-order valence-electron chi connectivity index (χ1n) is 6.15. The van der Waals surface area contributed by atoms with Crippen LogP contribution >= 0.6 is 0 Å². The third kappa shape index (κ3) is 1.90. The molecule has 0 fully saturated rings. The standard InChI is InChI=1S/C16H21N/c1-9-7-10(2)11(3)15(8-9)16-13(5)12(4)14(6)17-16/h7-8,17H,1-6H3. The Morgan fingerprint density at radius 1 is 0.765 bits per heavy atom. The van der Waals surface area contributed by atoms with Gasteiger partial charge >= 0.3 is 0 Å². The fraction of sp³-hybridized carbons (Fsp3) is 0.375. The van der Waals surface area contributed by atoms with Gasteiger partial charge in [-0.05, 0) is 69.9 Å². The van der Waals surface area contributed by atoms with Crippen LogP contribution in [0.5, 0.6) is 0 Å². The Balaban J connectivity index is 2.72. The number of benzene rings is 1. The van der Waals surface area contributed by atoms with E-state index < -0.39 is 0 Å². The van der Waals surface area contributed by atoms with Crippen LogP contribution in [0.1, 0.15) is 33.5 Å². The van der Waals surface area contributed by atoms with Gasteiger partial charge in [0.2, 0.25) is 0 Å². The Hall–Kier alpha value is -1.50. The van der Waals surface area contributed by atoms with Gasteiger partial charge in [0, 0.05) is 17.0 Å². The number of nitrogens with one attached hydrogen (secondary N) is 1. The average Bonchev–Trinajstić information content (AvgIpc) is 2.51. The molecule has 0 aliphatic carbocycles. The van der Waals surface area contributed by atoms with Crippen LogP contribution < -0.4 is 0 Å². The number of hydrogen-bond acceptors (Lipinski definition) is 0. The minimum absolute atomic E-state index is 1.27. The Morgan fingerprint density at radius 3 is 1.94 bits per heavy atom. The molecule has 0 bridgehead atoms. The van der Waals surface area contributed by atoms with Crippen LogP contribution in [0.4, 0.5) is 0 Å². The van der Waals surface area contributed by atoms with E-state index in [2.05, 4.69) is 58.7 Å². The summed E-state index contributed by atoms with van der Waals surface area (Å²) in [6, 6.07) is 4.52. The second kappa shape index (κ2) is 4.06. The largest absolute Gasteiger partial charge is 0.358 e. The maximum atomic E-state index is 3.52. The van der Waals surface area contributed by atoms with Gasteiger partial charge in [0.05, 0.1) is 0 Å². The Bertz CT molecular complexity index is 574. The van der Waals surface area contributed by atoms with E-state index in [-0.39, 0.29) is 0 Å². The summed E-state index contributed by atoms with van der Waals surface area (Å²) in [6.45, 7) is 13.1. The van der Waals surface area contributed by atoms with Crippen molar-refractivity contribution in [1.82, 2.24) is 4.98 Å². The van der Waals surface area contributed by atoms with Crippen molar-refractivity contribution in [2.24, 2.45) is 0 Å². The normalized spacial score (nSPS) is 10.9. The van der Waals surface area contributed by atoms with Crippen molar-refractivity contribution in [3.8, 4) is 11.3 Å². The van der Waals surface area contributed by atoms with Crippen molar-refractivity contribution in [2.75, 3.05) is 0 Å². The van der Waals surface area contributed by atoms with Crippen LogP contribution in [-0.2, 0) is 0 Å². The Morgan fingerprint density at radius 2 is 1.41 bits per heavy atom. The summed E-state index contributed by atoms with van der Waals surface area (Å²) in [5.74, 6) is 0. The van der Waals surface area contributed by atoms with Crippen molar-refractivity contribution in [3.63, 3.8) is 0 Å². The van der Waals surface area contributed by atoms with Crippen molar-refractivity contribution in [1.29, 1.82) is 0 Å². The molecule has 0 saturated carbocycles. The summed E-state index contributed by atoms with van der Waals surface area (Å²) in [4.78, 5) is 3.52. The summed E-state index contributed by atoms with van der Waals surface area (Å²) >= 11 is 0. The zero-order valence-electron chi connectivity index (χ0n) is 11.7. The fourth-order valence-electron chi connectivity index (χ4n) is 2.41. The number of aryl methyl sites for hydroxylation is 3. The van der Waals surface area contributed by atoms with Gasteiger partial charge < -0.3 is 4.98 Å². The molecule has 17 heavy (non-hydrogen) atoms. The number of aromatic amines is 1. The molecule has 1 N–H and O–H groups in total. The van der Waals surface area contributed by atoms with Gasteiger partial charge in [0.25, 0.3) is 0 Å². The third-order valence-corrected chi connectivity index (χ3v) is 3.89. The first-order valence-corrected chi connectivity index (χ1v) is 6.15. The first-order chi connectivity index (χ1) is 7.91. The highest BCUT2D eigenvalue weighted by molar-refractivity contribution is 5.71. The van der Waals surface area contributed by atoms with Crippen LogP contribution in [-0.4, -0.2) is 4.98 Å². The lowest BCUT2D eigenvalue weighted by Crippen LogP contribution is -1.91. The van der Waals surface area contributed by atoms with Crippen LogP contribution in [0.25, 0.3) is 11.3 Å². The van der Waals surface area contributed by atoms with Crippen molar-refractivity contribution < 1.29 is 0 Å². The second-order valence-electron chi connectivity index (χ2n) is 5.13. The lowest BCUT2D eigenvalue weighted by Gasteiger charge is -2.10. The molecule has 1 heteroatoms. The van der Waals surface area contributed by atoms with E-state index in [0.717, 1.165) is 0 Å². The molecule has 2 aromatic rings. The zero-order valence-corrected chi connectivity index (χ0v) is 11.7. The van der Waals surface area contributed by atoms with Gasteiger partial charge in [-0.15, -0.1) is 0 Å². The summed E-state index contributed by atoms with van der Waals surface area (Å²) in [5.41, 5.74) is 10.7. The molecule has 0 amide bonds. The zero-order chi connectivity index (χ0) is 12.7. The van der Waals surface area contributed by atoms with Crippen LogP contribution in [0.2, 0.25) is 0 Å². The second-order valence-corrected chi connectivity index (χ2v) is 5.13. The van der Waals surface area contributed by atoms with E-state index in [1.165, 1.54) is 44.8 Å². The van der Waals surface area contributed by atoms with Crippen molar-refractivity contribution >= 4 is 0 Å². The van der Waals surface area contributed by atoms with Gasteiger partial charge in [0.1, 0.15) is 0 Å². The van der Waals surface area contributed by atoms with Gasteiger partial charge in [0.15, 0.2) is 0 Å². The molecule has 1 aromatic carbocycles. The smallest absolute Gasteiger partial charge is 0.0491 e. The number of hydrogen-bond donors (Lipinski definition) is 1. The molecule has 0 saturated heterocycles. The van der Waals surface area contributed by atoms with Gasteiger partial charge in [-0.25, -0.2) is 0 Å². The monoisotopic (exact) mass is 227 g/mol. The molecule has 0 aliphatic rings. The highest BCUT2D eigenvalue weighted by Crippen LogP contribution is 2.31. The molecule has 0 aliphatic heterocycles. The molecule has 1 aromatic heterocycles. The van der Waals surface area contributed by atoms with Gasteiger partial charge in [-0.1, -0.05) is 11.6 Å². The molecule has 90 valence electrons. The molecule has 0 unspecified atom stereocenters. The molecular weight excluding hydrogens is 206 g/mol. The SMILES string of the molecule is Cc1cc(C)c(C)c(-c2[nH]c(C)c(C)c2C)c1. The fourth-order valence-corrected chi connectivity index (χ4v) is 2.41. The molecular formula is C16H21N. The summed E-state index contributed by atoms with van der Waals surface area (Å²) in [6.07, 6.45) is 0. The molecule has 0 atom stereocenters. The number of rotatable bonds is 1. The van der Waals surface area contributed by atoms with E-state index >= 15 is 0 Å². The molecule has 0 spiro atoms. The molecule has 1 nitrogen and oxygen atoms in total. The lowest BCUT2D eigenvalue weighted by atomic mass is 9.96. The van der Waals surface area contributed by atoms with E-state index in [1.54, 1.807) is 0 Å². The molecule has 0 radical (unpaired) electrons. The minimum atomic E-state index is 1.27. The Labute approximate surface area is 104 Å². The van der Waals surface area contributed by atoms with Gasteiger partial charge in [-0.2, -0.15) is 0 Å².